The van der Waals surface area contributed by atoms with Gasteiger partial charge >= 0.3 is 0 Å². The van der Waals surface area contributed by atoms with Gasteiger partial charge < -0.3 is 9.64 Å². The summed E-state index contributed by atoms with van der Waals surface area (Å²) in [6.45, 7) is 3.94. The van der Waals surface area contributed by atoms with Gasteiger partial charge in [0.1, 0.15) is 5.75 Å². The van der Waals surface area contributed by atoms with Gasteiger partial charge in [-0.15, -0.1) is 11.3 Å². The molecular weight excluding hydrogens is 344 g/mol. The van der Waals surface area contributed by atoms with Gasteiger partial charge in [0.25, 0.3) is 0 Å². The molecule has 2 rings (SSSR count). The van der Waals surface area contributed by atoms with Crippen LogP contribution in [-0.2, 0) is 10.0 Å². The number of sulfonamides is 1. The van der Waals surface area contributed by atoms with Crippen molar-refractivity contribution < 1.29 is 13.2 Å². The number of likely N-dealkylation sites (N-methyl/N-ethyl adjacent to an activating group) is 1. The van der Waals surface area contributed by atoms with Crippen LogP contribution in [0.3, 0.4) is 0 Å². The lowest BCUT2D eigenvalue weighted by Gasteiger charge is -2.24. The van der Waals surface area contributed by atoms with E-state index in [1.165, 1.54) is 0 Å². The van der Waals surface area contributed by atoms with E-state index in [1.54, 1.807) is 37.5 Å². The first-order valence-electron chi connectivity index (χ1n) is 7.61. The monoisotopic (exact) mass is 368 g/mol. The predicted molar refractivity (Wildman–Crippen MR) is 98.4 cm³/mol. The van der Waals surface area contributed by atoms with Crippen LogP contribution in [0.5, 0.6) is 5.75 Å². The Hall–Kier alpha value is -1.41. The summed E-state index contributed by atoms with van der Waals surface area (Å²) in [4.78, 5) is 3.44. The number of rotatable bonds is 7. The van der Waals surface area contributed by atoms with E-state index >= 15 is 0 Å². The fraction of sp³-hybridized carbons (Fsp3) is 0.412. The van der Waals surface area contributed by atoms with Gasteiger partial charge in [0.2, 0.25) is 10.0 Å². The van der Waals surface area contributed by atoms with Gasteiger partial charge in [-0.3, -0.25) is 0 Å². The molecule has 0 amide bonds. The van der Waals surface area contributed by atoms with E-state index in [1.807, 2.05) is 43.4 Å². The average Bonchev–Trinajstić information content (AvgIpc) is 3.02. The quantitative estimate of drug-likeness (QED) is 0.816. The van der Waals surface area contributed by atoms with Crippen LogP contribution in [0.2, 0.25) is 0 Å². The summed E-state index contributed by atoms with van der Waals surface area (Å²) >= 11 is 1.62. The maximum atomic E-state index is 12.7. The van der Waals surface area contributed by atoms with Crippen LogP contribution in [0.4, 0.5) is 0 Å². The number of aryl methyl sites for hydroxylation is 2. The lowest BCUT2D eigenvalue weighted by Crippen LogP contribution is -2.34. The molecule has 1 N–H and O–H groups in total. The van der Waals surface area contributed by atoms with Gasteiger partial charge in [-0.25, -0.2) is 13.1 Å². The second-order valence-corrected chi connectivity index (χ2v) is 8.65. The van der Waals surface area contributed by atoms with E-state index in [9.17, 15) is 8.42 Å². The molecule has 0 spiro atoms. The molecule has 0 saturated carbocycles. The summed E-state index contributed by atoms with van der Waals surface area (Å²) in [6, 6.07) is 7.41. The summed E-state index contributed by atoms with van der Waals surface area (Å²) in [7, 11) is 1.89. The Bertz CT molecular complexity index is 784. The maximum Gasteiger partial charge on any atom is 0.240 e. The highest BCUT2D eigenvalue weighted by Crippen LogP contribution is 2.27. The fourth-order valence-corrected chi connectivity index (χ4v) is 4.83. The fourth-order valence-electron chi connectivity index (χ4n) is 2.56. The van der Waals surface area contributed by atoms with Gasteiger partial charge in [0.15, 0.2) is 0 Å². The Morgan fingerprint density at radius 1 is 1.25 bits per heavy atom. The Labute approximate surface area is 148 Å². The molecule has 0 radical (unpaired) electrons. The van der Waals surface area contributed by atoms with Gasteiger partial charge in [-0.05, 0) is 62.6 Å². The third-order valence-corrected chi connectivity index (χ3v) is 6.48. The van der Waals surface area contributed by atoms with Crippen molar-refractivity contribution in [3.63, 3.8) is 0 Å². The zero-order valence-electron chi connectivity index (χ0n) is 14.7. The van der Waals surface area contributed by atoms with Gasteiger partial charge in [0, 0.05) is 11.4 Å². The van der Waals surface area contributed by atoms with E-state index in [-0.39, 0.29) is 6.04 Å². The zero-order valence-corrected chi connectivity index (χ0v) is 16.3. The topological polar surface area (TPSA) is 58.6 Å². The van der Waals surface area contributed by atoms with Gasteiger partial charge in [-0.1, -0.05) is 6.07 Å². The number of nitrogens with one attached hydrogen (secondary N) is 1. The summed E-state index contributed by atoms with van der Waals surface area (Å²) in [5.41, 5.74) is 1.47. The molecular formula is C17H24N2O3S2. The van der Waals surface area contributed by atoms with Crippen molar-refractivity contribution in [3.8, 4) is 5.75 Å². The number of hydrogen-bond donors (Lipinski definition) is 1. The third-order valence-electron chi connectivity index (χ3n) is 3.94. The van der Waals surface area contributed by atoms with Gasteiger partial charge in [0.05, 0.1) is 18.0 Å². The van der Waals surface area contributed by atoms with Crippen LogP contribution in [0, 0.1) is 13.8 Å². The lowest BCUT2D eigenvalue weighted by atomic mass is 10.1. The smallest absolute Gasteiger partial charge is 0.240 e. The second kappa shape index (κ2) is 7.65. The molecule has 1 aromatic heterocycles. The molecule has 0 bridgehead atoms. The summed E-state index contributed by atoms with van der Waals surface area (Å²) in [5.74, 6) is 0.691. The molecule has 24 heavy (non-hydrogen) atoms. The lowest BCUT2D eigenvalue weighted by molar-refractivity contribution is 0.303. The molecule has 0 fully saturated rings. The first-order valence-corrected chi connectivity index (χ1v) is 9.97. The van der Waals surface area contributed by atoms with E-state index in [2.05, 4.69) is 4.72 Å². The van der Waals surface area contributed by atoms with Crippen LogP contribution in [0.15, 0.2) is 34.5 Å². The SMILES string of the molecule is COc1cc(C)c(S(=O)(=O)NCC(c2cccs2)N(C)C)cc1C. The average molecular weight is 369 g/mol. The molecule has 1 unspecified atom stereocenters. The number of thiophene rings is 1. The summed E-state index contributed by atoms with van der Waals surface area (Å²) in [5, 5.41) is 2.00. The predicted octanol–water partition coefficient (Wildman–Crippen LogP) is 2.95. The van der Waals surface area contributed by atoms with Crippen molar-refractivity contribution in [1.29, 1.82) is 0 Å². The van der Waals surface area contributed by atoms with Crippen LogP contribution < -0.4 is 9.46 Å². The van der Waals surface area contributed by atoms with Crippen LogP contribution in [-0.4, -0.2) is 41.1 Å². The van der Waals surface area contributed by atoms with E-state index in [0.717, 1.165) is 10.4 Å². The molecule has 7 heteroatoms. The Balaban J connectivity index is 2.24. The number of benzene rings is 1. The van der Waals surface area contributed by atoms with Crippen molar-refractivity contribution in [2.45, 2.75) is 24.8 Å². The molecule has 5 nitrogen and oxygen atoms in total. The van der Waals surface area contributed by atoms with E-state index in [4.69, 9.17) is 4.74 Å². The number of methoxy groups -OCH3 is 1. The minimum atomic E-state index is -3.59. The van der Waals surface area contributed by atoms with Gasteiger partial charge in [-0.2, -0.15) is 0 Å². The standard InChI is InChI=1S/C17H24N2O3S2/c1-12-10-17(13(2)9-15(12)22-5)24(20,21)18-11-14(19(3)4)16-7-6-8-23-16/h6-10,14,18H,11H2,1-5H3. The van der Waals surface area contributed by atoms with Crippen molar-refractivity contribution in [1.82, 2.24) is 9.62 Å². The zero-order chi connectivity index (χ0) is 17.9. The molecule has 1 aromatic carbocycles. The third kappa shape index (κ3) is 4.16. The molecule has 0 aliphatic rings. The maximum absolute atomic E-state index is 12.7. The Morgan fingerprint density at radius 2 is 1.96 bits per heavy atom. The highest BCUT2D eigenvalue weighted by molar-refractivity contribution is 7.89. The molecule has 132 valence electrons. The highest BCUT2D eigenvalue weighted by Gasteiger charge is 2.22. The highest BCUT2D eigenvalue weighted by atomic mass is 32.2. The van der Waals surface area contributed by atoms with E-state index in [0.29, 0.717) is 22.8 Å². The summed E-state index contributed by atoms with van der Waals surface area (Å²) < 4.78 is 33.5. The molecule has 1 heterocycles. The van der Waals surface area contributed by atoms with Crippen molar-refractivity contribution in [2.75, 3.05) is 27.7 Å². The Kier molecular flexibility index (Phi) is 6.03. The molecule has 0 saturated heterocycles. The molecule has 0 aliphatic carbocycles. The first-order chi connectivity index (χ1) is 11.3. The number of nitrogens with zero attached hydrogens (tertiary/aromatic N) is 1. The molecule has 0 aliphatic heterocycles. The largest absolute Gasteiger partial charge is 0.496 e. The Morgan fingerprint density at radius 3 is 2.50 bits per heavy atom. The minimum Gasteiger partial charge on any atom is -0.496 e. The van der Waals surface area contributed by atoms with Crippen LogP contribution in [0.25, 0.3) is 0 Å². The van der Waals surface area contributed by atoms with Crippen LogP contribution in [0.1, 0.15) is 22.0 Å². The van der Waals surface area contributed by atoms with Crippen molar-refractivity contribution >= 4 is 21.4 Å². The van der Waals surface area contributed by atoms with Crippen molar-refractivity contribution in [3.05, 3.63) is 45.6 Å². The molecule has 1 atom stereocenters. The molecule has 2 aromatic rings. The van der Waals surface area contributed by atoms with Crippen LogP contribution >= 0.6 is 11.3 Å². The number of ether oxygens (including phenoxy) is 1. The van der Waals surface area contributed by atoms with E-state index < -0.39 is 10.0 Å². The van der Waals surface area contributed by atoms with Crippen molar-refractivity contribution in [2.24, 2.45) is 0 Å². The minimum absolute atomic E-state index is 0.000531. The summed E-state index contributed by atoms with van der Waals surface area (Å²) in [6.07, 6.45) is 0. The normalized spacial score (nSPS) is 13.2. The number of hydrogen-bond acceptors (Lipinski definition) is 5. The first kappa shape index (κ1) is 18.9. The second-order valence-electron chi connectivity index (χ2n) is 5.93.